The summed E-state index contributed by atoms with van der Waals surface area (Å²) in [4.78, 5) is 4.12. The zero-order valence-corrected chi connectivity index (χ0v) is 14.8. The van der Waals surface area contributed by atoms with E-state index in [-0.39, 0.29) is 67.0 Å². The van der Waals surface area contributed by atoms with Crippen LogP contribution in [0.4, 0.5) is 0 Å². The molecule has 0 fully saturated rings. The first-order chi connectivity index (χ1) is 5.33. The van der Waals surface area contributed by atoms with E-state index in [0.717, 1.165) is 17.8 Å². The van der Waals surface area contributed by atoms with Gasteiger partial charge in [0.25, 0.3) is 0 Å². The van der Waals surface area contributed by atoms with Gasteiger partial charge in [-0.1, -0.05) is 19.9 Å². The molecule has 0 saturated heterocycles. The average Bonchev–Trinajstić information content (AvgIpc) is 2.08. The van der Waals surface area contributed by atoms with Crippen molar-refractivity contribution in [1.82, 2.24) is 4.98 Å². The van der Waals surface area contributed by atoms with Crippen LogP contribution < -0.4 is 0 Å². The van der Waals surface area contributed by atoms with Crippen LogP contribution in [0.5, 0.6) is 0 Å². The van der Waals surface area contributed by atoms with Crippen LogP contribution >= 0.6 is 0 Å². The molecule has 0 saturated carbocycles. The fourth-order valence-corrected chi connectivity index (χ4v) is 0.668. The molecule has 1 rings (SSSR count). The summed E-state index contributed by atoms with van der Waals surface area (Å²) in [6.07, 6.45) is 0.739. The molecule has 1 aromatic heterocycles. The van der Waals surface area contributed by atoms with Crippen LogP contribution in [0.2, 0.25) is 0 Å². The van der Waals surface area contributed by atoms with E-state index in [0.29, 0.717) is 0 Å². The molecule has 0 atom stereocenters. The number of rotatable bonds is 1. The summed E-state index contributed by atoms with van der Waals surface area (Å²) in [7, 11) is 0. The Morgan fingerprint density at radius 3 is 1.93 bits per heavy atom. The van der Waals surface area contributed by atoms with Crippen molar-refractivity contribution in [3.8, 4) is 0 Å². The molecule has 1 radical (unpaired) electrons. The topological polar surface area (TPSA) is 12.9 Å². The molecule has 0 amide bonds. The summed E-state index contributed by atoms with van der Waals surface area (Å²) in [6.45, 7) is 11.4. The van der Waals surface area contributed by atoms with Gasteiger partial charge >= 0.3 is 19.5 Å². The number of nitrogens with zero attached hydrogens (tertiary/aromatic N) is 1. The Morgan fingerprint density at radius 1 is 1.20 bits per heavy atom. The monoisotopic (exact) mass is 370 g/mol. The predicted octanol–water partition coefficient (Wildman–Crippen LogP) is 3.56. The maximum absolute atomic E-state index is 4.12. The summed E-state index contributed by atoms with van der Waals surface area (Å²) in [5, 5.41) is 0. The minimum atomic E-state index is 0. The number of aromatic nitrogens is 1. The van der Waals surface area contributed by atoms with Gasteiger partial charge in [-0.3, -0.25) is 4.98 Å². The molecule has 0 bridgehead atoms. The Balaban J connectivity index is -0.0000000526. The Labute approximate surface area is 134 Å². The second-order valence-corrected chi connectivity index (χ2v) is 1.87. The van der Waals surface area contributed by atoms with Gasteiger partial charge in [0, 0.05) is 38.4 Å². The first-order valence-electron chi connectivity index (χ1n) is 3.90. The summed E-state index contributed by atoms with van der Waals surface area (Å²) >= 11 is 0. The van der Waals surface area contributed by atoms with Crippen molar-refractivity contribution < 1.29 is 52.2 Å². The van der Waals surface area contributed by atoms with Gasteiger partial charge in [0.05, 0.1) is 0 Å². The maximum atomic E-state index is 4.12. The van der Waals surface area contributed by atoms with Crippen LogP contribution in [0.1, 0.15) is 25.2 Å². The van der Waals surface area contributed by atoms with Crippen LogP contribution in [0, 0.1) is 28.7 Å². The zero-order chi connectivity index (χ0) is 8.69. The standard InChI is InChI=1S/C8H9N.C2H6.2CH3.Ru.Y/c1-3-8-6-4-5-7(2)9-8;1-2;;;;/h4-6H,1-3H2;1-2H3;2*1H3;;/q-2;;2*-1;+4;. The van der Waals surface area contributed by atoms with Crippen LogP contribution in [0.3, 0.4) is 0 Å². The van der Waals surface area contributed by atoms with Gasteiger partial charge in [-0.15, -0.1) is 18.2 Å². The third-order valence-electron chi connectivity index (χ3n) is 1.12. The van der Waals surface area contributed by atoms with Crippen molar-refractivity contribution in [2.24, 2.45) is 0 Å². The van der Waals surface area contributed by atoms with Gasteiger partial charge in [0.1, 0.15) is 0 Å². The van der Waals surface area contributed by atoms with E-state index in [1.165, 1.54) is 0 Å². The van der Waals surface area contributed by atoms with Crippen molar-refractivity contribution >= 4 is 0 Å². The number of hydrogen-bond acceptors (Lipinski definition) is 1. The third kappa shape index (κ3) is 14.7. The molecule has 0 aliphatic heterocycles. The molecule has 0 N–H and O–H groups in total. The molecule has 1 aromatic rings. The summed E-state index contributed by atoms with van der Waals surface area (Å²) in [6, 6.07) is 5.76. The molecule has 0 spiro atoms. The van der Waals surface area contributed by atoms with Crippen LogP contribution in [-0.2, 0) is 58.6 Å². The molecular formula is C12H21NRuY. The molecule has 3 heteroatoms. The van der Waals surface area contributed by atoms with Crippen molar-refractivity contribution in [2.45, 2.75) is 20.3 Å². The number of pyridine rings is 1. The predicted molar refractivity (Wildman–Crippen MR) is 61.9 cm³/mol. The summed E-state index contributed by atoms with van der Waals surface area (Å²) < 4.78 is 0. The van der Waals surface area contributed by atoms with Gasteiger partial charge in [0.2, 0.25) is 0 Å². The zero-order valence-electron chi connectivity index (χ0n) is 10.2. The Morgan fingerprint density at radius 2 is 1.67 bits per heavy atom. The van der Waals surface area contributed by atoms with Crippen molar-refractivity contribution in [1.29, 1.82) is 0 Å². The second-order valence-electron chi connectivity index (χ2n) is 1.87. The van der Waals surface area contributed by atoms with Crippen LogP contribution in [0.25, 0.3) is 0 Å². The van der Waals surface area contributed by atoms with E-state index in [1.807, 2.05) is 32.0 Å². The number of hydrogen-bond donors (Lipinski definition) is 0. The summed E-state index contributed by atoms with van der Waals surface area (Å²) in [5.74, 6) is 0. The maximum Gasteiger partial charge on any atom is 4.00 e. The molecule has 1 heterocycles. The van der Waals surface area contributed by atoms with Gasteiger partial charge in [0.15, 0.2) is 0 Å². The van der Waals surface area contributed by atoms with Gasteiger partial charge in [-0.05, 0) is 0 Å². The van der Waals surface area contributed by atoms with E-state index in [9.17, 15) is 0 Å². The second kappa shape index (κ2) is 20.2. The van der Waals surface area contributed by atoms with E-state index >= 15 is 0 Å². The Hall–Kier alpha value is 0.747. The molecule has 0 aliphatic carbocycles. The van der Waals surface area contributed by atoms with E-state index < -0.39 is 0 Å². The Kier molecular flexibility index (Phi) is 39.9. The molecule has 85 valence electrons. The van der Waals surface area contributed by atoms with Crippen molar-refractivity contribution in [3.05, 3.63) is 58.3 Å². The smallest absolute Gasteiger partial charge is 0.358 e. The van der Waals surface area contributed by atoms with Gasteiger partial charge in [-0.25, -0.2) is 6.92 Å². The van der Waals surface area contributed by atoms with E-state index in [4.69, 9.17) is 0 Å². The third-order valence-corrected chi connectivity index (χ3v) is 1.12. The van der Waals surface area contributed by atoms with Crippen LogP contribution in [0.15, 0.2) is 18.2 Å². The Bertz CT molecular complexity index is 205. The fourth-order valence-electron chi connectivity index (χ4n) is 0.668. The first-order valence-corrected chi connectivity index (χ1v) is 3.90. The minimum Gasteiger partial charge on any atom is -0.358 e. The molecule has 0 unspecified atom stereocenters. The first kappa shape index (κ1) is 29.7. The summed E-state index contributed by atoms with van der Waals surface area (Å²) in [5.41, 5.74) is 1.82. The van der Waals surface area contributed by atoms with E-state index in [1.54, 1.807) is 0 Å². The van der Waals surface area contributed by atoms with Gasteiger partial charge < -0.3 is 21.8 Å². The van der Waals surface area contributed by atoms with Crippen molar-refractivity contribution in [3.63, 3.8) is 0 Å². The van der Waals surface area contributed by atoms with Gasteiger partial charge in [-0.2, -0.15) is 6.07 Å². The average molecular weight is 369 g/mol. The quantitative estimate of drug-likeness (QED) is 0.545. The molecular weight excluding hydrogens is 348 g/mol. The molecule has 15 heavy (non-hydrogen) atoms. The largest absolute Gasteiger partial charge is 4.00 e. The molecule has 0 aliphatic rings. The molecule has 1 nitrogen and oxygen atoms in total. The SMILES string of the molecule is CC.[CH2-]Cc1cccc([CH2-])n1.[CH3-].[CH3-].[Ru+4].[Y]. The normalized spacial score (nSPS) is 6.07. The van der Waals surface area contributed by atoms with E-state index in [2.05, 4.69) is 18.8 Å². The fraction of sp³-hybridized carbons (Fsp3) is 0.250. The molecule has 0 aromatic carbocycles. The minimum absolute atomic E-state index is 0. The van der Waals surface area contributed by atoms with Crippen molar-refractivity contribution in [2.75, 3.05) is 0 Å². The van der Waals surface area contributed by atoms with Crippen LogP contribution in [-0.4, -0.2) is 4.98 Å².